The molecule has 1 aliphatic heterocycles. The SMILES string of the molecule is CC(O)c1csc(-c2nc(OC3CN(C(=O)OC(C)(C)C)C3)cc(N(C(=O)OC(C)(C)C)C3CCC(F)(F)CC3)n2)n1. The highest BCUT2D eigenvalue weighted by Gasteiger charge is 2.41. The average molecular weight is 612 g/mol. The number of nitrogens with zero attached hydrogens (tertiary/aromatic N) is 5. The zero-order valence-corrected chi connectivity index (χ0v) is 25.8. The molecule has 1 atom stereocenters. The number of thiazole rings is 1. The zero-order chi connectivity index (χ0) is 31.0. The second-order valence-electron chi connectivity index (χ2n) is 12.7. The molecule has 1 aliphatic carbocycles. The first-order valence-corrected chi connectivity index (χ1v) is 14.8. The van der Waals surface area contributed by atoms with Crippen LogP contribution in [0.4, 0.5) is 24.2 Å². The van der Waals surface area contributed by atoms with E-state index < -0.39 is 47.6 Å². The van der Waals surface area contributed by atoms with Crippen LogP contribution in [0.1, 0.15) is 85.9 Å². The van der Waals surface area contributed by atoms with Gasteiger partial charge in [0, 0.05) is 30.3 Å². The van der Waals surface area contributed by atoms with E-state index in [9.17, 15) is 23.5 Å². The van der Waals surface area contributed by atoms with E-state index in [2.05, 4.69) is 15.0 Å². The Labute approximate surface area is 248 Å². The summed E-state index contributed by atoms with van der Waals surface area (Å²) in [6.07, 6.45) is -3.03. The molecule has 0 radical (unpaired) electrons. The fourth-order valence-corrected chi connectivity index (χ4v) is 5.29. The van der Waals surface area contributed by atoms with E-state index in [1.54, 1.807) is 53.8 Å². The third-order valence-corrected chi connectivity index (χ3v) is 7.36. The van der Waals surface area contributed by atoms with E-state index in [-0.39, 0.29) is 56.3 Å². The largest absolute Gasteiger partial charge is 0.470 e. The standard InChI is InChI=1S/C28H39F2N5O6S/c1-16(36)19-15-42-23(31-19)22-32-20(12-21(33-22)39-18-13-34(14-18)24(37)40-26(2,3)4)35(25(38)41-27(5,6)7)17-8-10-28(29,30)11-9-17/h12,15-18,36H,8-11,13-14H2,1-7H3. The van der Waals surface area contributed by atoms with Crippen LogP contribution in [0.3, 0.4) is 0 Å². The topological polar surface area (TPSA) is 127 Å². The Morgan fingerprint density at radius 2 is 1.69 bits per heavy atom. The number of ether oxygens (including phenoxy) is 3. The van der Waals surface area contributed by atoms with Gasteiger partial charge in [-0.3, -0.25) is 4.90 Å². The lowest BCUT2D eigenvalue weighted by molar-refractivity contribution is -0.0388. The number of amides is 2. The summed E-state index contributed by atoms with van der Waals surface area (Å²) in [7, 11) is 0. The number of alkyl halides is 2. The maximum atomic E-state index is 14.1. The number of rotatable bonds is 6. The van der Waals surface area contributed by atoms with Crippen LogP contribution < -0.4 is 9.64 Å². The zero-order valence-electron chi connectivity index (χ0n) is 25.0. The van der Waals surface area contributed by atoms with Gasteiger partial charge in [0.05, 0.1) is 24.9 Å². The van der Waals surface area contributed by atoms with Crippen molar-refractivity contribution in [2.45, 2.75) is 110 Å². The van der Waals surface area contributed by atoms with Gasteiger partial charge >= 0.3 is 12.2 Å². The van der Waals surface area contributed by atoms with E-state index in [0.717, 1.165) is 0 Å². The monoisotopic (exact) mass is 611 g/mol. The first-order valence-electron chi connectivity index (χ1n) is 14.0. The molecule has 2 amide bonds. The quantitative estimate of drug-likeness (QED) is 0.420. The van der Waals surface area contributed by atoms with Crippen LogP contribution >= 0.6 is 11.3 Å². The predicted molar refractivity (Wildman–Crippen MR) is 152 cm³/mol. The smallest absolute Gasteiger partial charge is 0.416 e. The van der Waals surface area contributed by atoms with E-state index in [1.807, 2.05) is 0 Å². The lowest BCUT2D eigenvalue weighted by Gasteiger charge is -2.39. The van der Waals surface area contributed by atoms with Crippen molar-refractivity contribution in [3.8, 4) is 16.7 Å². The number of carbonyl (C=O) groups excluding carboxylic acids is 2. The molecule has 2 fully saturated rings. The molecule has 14 heteroatoms. The van der Waals surface area contributed by atoms with Gasteiger partial charge in [0.25, 0.3) is 0 Å². The molecule has 1 unspecified atom stereocenters. The molecule has 11 nitrogen and oxygen atoms in total. The summed E-state index contributed by atoms with van der Waals surface area (Å²) in [5, 5.41) is 12.0. The molecule has 1 N–H and O–H groups in total. The Morgan fingerprint density at radius 1 is 1.07 bits per heavy atom. The van der Waals surface area contributed by atoms with Crippen molar-refractivity contribution >= 4 is 29.3 Å². The highest BCUT2D eigenvalue weighted by Crippen LogP contribution is 2.38. The number of aliphatic hydroxyl groups excluding tert-OH is 1. The minimum atomic E-state index is -2.80. The second kappa shape index (κ2) is 11.9. The van der Waals surface area contributed by atoms with Crippen molar-refractivity contribution in [1.29, 1.82) is 0 Å². The van der Waals surface area contributed by atoms with E-state index >= 15 is 0 Å². The van der Waals surface area contributed by atoms with Crippen LogP contribution in [0.15, 0.2) is 11.4 Å². The van der Waals surface area contributed by atoms with Crippen molar-refractivity contribution in [2.75, 3.05) is 18.0 Å². The molecule has 2 aromatic rings. The lowest BCUT2D eigenvalue weighted by atomic mass is 9.91. The maximum Gasteiger partial charge on any atom is 0.416 e. The van der Waals surface area contributed by atoms with Gasteiger partial charge in [-0.1, -0.05) is 0 Å². The Bertz CT molecular complexity index is 1280. The van der Waals surface area contributed by atoms with Gasteiger partial charge in [0.15, 0.2) is 10.8 Å². The molecular weight excluding hydrogens is 572 g/mol. The lowest BCUT2D eigenvalue weighted by Crippen LogP contribution is -2.57. The van der Waals surface area contributed by atoms with E-state index in [1.165, 1.54) is 27.2 Å². The average Bonchev–Trinajstić information content (AvgIpc) is 3.31. The Hall–Kier alpha value is -3.13. The van der Waals surface area contributed by atoms with Gasteiger partial charge < -0.3 is 24.2 Å². The molecule has 42 heavy (non-hydrogen) atoms. The van der Waals surface area contributed by atoms with E-state index in [0.29, 0.717) is 10.7 Å². The van der Waals surface area contributed by atoms with Crippen molar-refractivity contribution in [1.82, 2.24) is 19.9 Å². The highest BCUT2D eigenvalue weighted by molar-refractivity contribution is 7.13. The summed E-state index contributed by atoms with van der Waals surface area (Å²) in [6.45, 7) is 12.6. The van der Waals surface area contributed by atoms with Crippen LogP contribution in [-0.4, -0.2) is 79.5 Å². The molecule has 232 valence electrons. The normalized spacial score (nSPS) is 18.7. The van der Waals surface area contributed by atoms with Crippen LogP contribution in [0.5, 0.6) is 5.88 Å². The summed E-state index contributed by atoms with van der Waals surface area (Å²) in [5.74, 6) is -2.43. The minimum absolute atomic E-state index is 0.0542. The fraction of sp³-hybridized carbons (Fsp3) is 0.679. The third-order valence-electron chi connectivity index (χ3n) is 6.51. The molecule has 1 saturated heterocycles. The van der Waals surface area contributed by atoms with Crippen molar-refractivity contribution in [3.63, 3.8) is 0 Å². The van der Waals surface area contributed by atoms with Gasteiger partial charge in [-0.2, -0.15) is 4.98 Å². The third kappa shape index (κ3) is 8.24. The number of halogens is 2. The van der Waals surface area contributed by atoms with Crippen LogP contribution in [0.25, 0.3) is 10.8 Å². The Kier molecular flexibility index (Phi) is 8.98. The molecule has 4 rings (SSSR count). The molecule has 0 spiro atoms. The molecule has 1 saturated carbocycles. The Balaban J connectivity index is 1.66. The van der Waals surface area contributed by atoms with Crippen LogP contribution in [0.2, 0.25) is 0 Å². The number of anilines is 1. The number of likely N-dealkylation sites (tertiary alicyclic amines) is 1. The molecule has 2 aliphatic rings. The molecule has 0 bridgehead atoms. The first kappa shape index (κ1) is 31.8. The number of aliphatic hydroxyl groups is 1. The first-order chi connectivity index (χ1) is 19.4. The van der Waals surface area contributed by atoms with Gasteiger partial charge in [0.1, 0.15) is 23.1 Å². The highest BCUT2D eigenvalue weighted by atomic mass is 32.1. The summed E-state index contributed by atoms with van der Waals surface area (Å²) in [6, 6.07) is 0.880. The molecule has 2 aromatic heterocycles. The van der Waals surface area contributed by atoms with E-state index in [4.69, 9.17) is 14.2 Å². The summed E-state index contributed by atoms with van der Waals surface area (Å²) in [4.78, 5) is 42.2. The molecule has 3 heterocycles. The predicted octanol–water partition coefficient (Wildman–Crippen LogP) is 5.97. The number of aromatic nitrogens is 3. The number of hydrogen-bond acceptors (Lipinski definition) is 10. The summed E-state index contributed by atoms with van der Waals surface area (Å²) >= 11 is 1.21. The van der Waals surface area contributed by atoms with Gasteiger partial charge in [-0.05, 0) is 61.3 Å². The Morgan fingerprint density at radius 3 is 2.24 bits per heavy atom. The van der Waals surface area contributed by atoms with Crippen LogP contribution in [-0.2, 0) is 9.47 Å². The summed E-state index contributed by atoms with van der Waals surface area (Å²) < 4.78 is 45.3. The van der Waals surface area contributed by atoms with Gasteiger partial charge in [-0.15, -0.1) is 11.3 Å². The van der Waals surface area contributed by atoms with Gasteiger partial charge in [-0.25, -0.2) is 28.3 Å². The second-order valence-corrected chi connectivity index (χ2v) is 13.6. The molecular formula is C28H39F2N5O6S. The maximum absolute atomic E-state index is 14.1. The molecule has 0 aromatic carbocycles. The van der Waals surface area contributed by atoms with Gasteiger partial charge in [0.2, 0.25) is 11.8 Å². The van der Waals surface area contributed by atoms with Crippen molar-refractivity contribution in [3.05, 3.63) is 17.1 Å². The van der Waals surface area contributed by atoms with Crippen molar-refractivity contribution < 1.29 is 37.7 Å². The van der Waals surface area contributed by atoms with Crippen LogP contribution in [0, 0.1) is 0 Å². The van der Waals surface area contributed by atoms with Crippen molar-refractivity contribution in [2.24, 2.45) is 0 Å². The number of hydrogen-bond donors (Lipinski definition) is 1. The number of carbonyl (C=O) groups is 2. The summed E-state index contributed by atoms with van der Waals surface area (Å²) in [5.41, 5.74) is -1.05. The minimum Gasteiger partial charge on any atom is -0.470 e. The fourth-order valence-electron chi connectivity index (χ4n) is 4.46.